The molecule has 0 aliphatic carbocycles. The molecule has 10 heavy (non-hydrogen) atoms. The number of hydrogen-bond donors (Lipinski definition) is 0. The maximum absolute atomic E-state index is 11.8. The summed E-state index contributed by atoms with van der Waals surface area (Å²) in [5, 5.41) is 0. The van der Waals surface area contributed by atoms with E-state index in [9.17, 15) is 13.6 Å². The number of halogens is 2. The number of esters is 1. The van der Waals surface area contributed by atoms with E-state index >= 15 is 0 Å². The van der Waals surface area contributed by atoms with Crippen LogP contribution in [0.4, 0.5) is 8.78 Å². The summed E-state index contributed by atoms with van der Waals surface area (Å²) in [7, 11) is 0. The fourth-order valence-electron chi connectivity index (χ4n) is 0.298. The van der Waals surface area contributed by atoms with Gasteiger partial charge in [0.1, 0.15) is 0 Å². The van der Waals surface area contributed by atoms with Gasteiger partial charge in [-0.3, -0.25) is 4.39 Å². The van der Waals surface area contributed by atoms with Crippen LogP contribution in [0.1, 0.15) is 6.42 Å². The van der Waals surface area contributed by atoms with E-state index in [0.717, 1.165) is 0 Å². The van der Waals surface area contributed by atoms with Crippen molar-refractivity contribution in [3.8, 4) is 0 Å². The standard InChI is InChI=1S/C6H8F2O2/c1-5(8)6(9)10-4-2-3-7/h1-4H2. The Morgan fingerprint density at radius 3 is 2.60 bits per heavy atom. The van der Waals surface area contributed by atoms with E-state index in [-0.39, 0.29) is 13.0 Å². The maximum Gasteiger partial charge on any atom is 0.366 e. The van der Waals surface area contributed by atoms with E-state index in [1.807, 2.05) is 0 Å². The van der Waals surface area contributed by atoms with Crippen LogP contribution in [0, 0.1) is 0 Å². The zero-order valence-corrected chi connectivity index (χ0v) is 5.40. The third kappa shape index (κ3) is 4.00. The minimum atomic E-state index is -1.15. The predicted molar refractivity (Wildman–Crippen MR) is 31.8 cm³/mol. The Hall–Kier alpha value is -0.930. The van der Waals surface area contributed by atoms with Crippen molar-refractivity contribution in [2.45, 2.75) is 6.42 Å². The molecule has 0 bridgehead atoms. The topological polar surface area (TPSA) is 26.3 Å². The van der Waals surface area contributed by atoms with Crippen LogP contribution >= 0.6 is 0 Å². The highest BCUT2D eigenvalue weighted by Crippen LogP contribution is 1.95. The number of rotatable bonds is 4. The largest absolute Gasteiger partial charge is 0.460 e. The van der Waals surface area contributed by atoms with Crippen molar-refractivity contribution in [1.29, 1.82) is 0 Å². The first-order valence-electron chi connectivity index (χ1n) is 2.76. The first-order valence-corrected chi connectivity index (χ1v) is 2.76. The number of hydrogen-bond acceptors (Lipinski definition) is 2. The van der Waals surface area contributed by atoms with Gasteiger partial charge in [-0.25, -0.2) is 4.79 Å². The molecule has 0 rings (SSSR count). The highest BCUT2D eigenvalue weighted by molar-refractivity contribution is 5.85. The molecule has 0 aromatic carbocycles. The number of carbonyl (C=O) groups is 1. The minimum Gasteiger partial charge on any atom is -0.460 e. The van der Waals surface area contributed by atoms with Gasteiger partial charge in [-0.15, -0.1) is 0 Å². The highest BCUT2D eigenvalue weighted by Gasteiger charge is 2.05. The Kier molecular flexibility index (Phi) is 4.45. The van der Waals surface area contributed by atoms with E-state index < -0.39 is 18.5 Å². The third-order valence-electron chi connectivity index (χ3n) is 0.733. The SMILES string of the molecule is C=C(F)C(=O)OCCCF. The summed E-state index contributed by atoms with van der Waals surface area (Å²) in [5.41, 5.74) is 0. The van der Waals surface area contributed by atoms with Gasteiger partial charge in [-0.2, -0.15) is 4.39 Å². The molecule has 0 atom stereocenters. The molecule has 0 amide bonds. The Morgan fingerprint density at radius 1 is 1.60 bits per heavy atom. The molecule has 0 spiro atoms. The van der Waals surface area contributed by atoms with Gasteiger partial charge in [0.25, 0.3) is 0 Å². The molecule has 0 saturated heterocycles. The fraction of sp³-hybridized carbons (Fsp3) is 0.500. The minimum absolute atomic E-state index is 0.0962. The quantitative estimate of drug-likeness (QED) is 0.343. The van der Waals surface area contributed by atoms with E-state index in [2.05, 4.69) is 11.3 Å². The monoisotopic (exact) mass is 150 g/mol. The zero-order valence-electron chi connectivity index (χ0n) is 5.40. The molecule has 0 N–H and O–H groups in total. The lowest BCUT2D eigenvalue weighted by molar-refractivity contribution is -0.140. The Balaban J connectivity index is 3.31. The Labute approximate surface area is 57.5 Å². The number of alkyl halides is 1. The Bertz CT molecular complexity index is 134. The molecule has 0 fully saturated rings. The van der Waals surface area contributed by atoms with Crippen LogP contribution in [0.5, 0.6) is 0 Å². The Morgan fingerprint density at radius 2 is 2.20 bits per heavy atom. The number of ether oxygens (including phenoxy) is 1. The second-order valence-corrected chi connectivity index (χ2v) is 1.58. The highest BCUT2D eigenvalue weighted by atomic mass is 19.1. The summed E-state index contributed by atoms with van der Waals surface area (Å²) < 4.78 is 27.3. The van der Waals surface area contributed by atoms with Gasteiger partial charge in [-0.05, 0) is 0 Å². The molecule has 0 radical (unpaired) electrons. The van der Waals surface area contributed by atoms with Crippen LogP contribution in [0.3, 0.4) is 0 Å². The smallest absolute Gasteiger partial charge is 0.366 e. The lowest BCUT2D eigenvalue weighted by Crippen LogP contribution is -2.05. The molecule has 0 aliphatic rings. The summed E-state index contributed by atoms with van der Waals surface area (Å²) in [4.78, 5) is 10.2. The normalized spacial score (nSPS) is 9.00. The van der Waals surface area contributed by atoms with E-state index in [0.29, 0.717) is 0 Å². The average Bonchev–Trinajstić information content (AvgIpc) is 1.88. The molecule has 0 aromatic heterocycles. The van der Waals surface area contributed by atoms with Gasteiger partial charge >= 0.3 is 5.97 Å². The predicted octanol–water partition coefficient (Wildman–Crippen LogP) is 1.37. The van der Waals surface area contributed by atoms with E-state index in [1.54, 1.807) is 0 Å². The summed E-state index contributed by atoms with van der Waals surface area (Å²) in [6.45, 7) is 2.02. The summed E-state index contributed by atoms with van der Waals surface area (Å²) >= 11 is 0. The van der Waals surface area contributed by atoms with Crippen molar-refractivity contribution in [2.24, 2.45) is 0 Å². The van der Waals surface area contributed by atoms with E-state index in [1.165, 1.54) is 0 Å². The van der Waals surface area contributed by atoms with Crippen LogP contribution < -0.4 is 0 Å². The van der Waals surface area contributed by atoms with Crippen LogP contribution in [0.25, 0.3) is 0 Å². The van der Waals surface area contributed by atoms with Gasteiger partial charge in [0, 0.05) is 6.42 Å². The van der Waals surface area contributed by atoms with E-state index in [4.69, 9.17) is 0 Å². The lowest BCUT2D eigenvalue weighted by Gasteiger charge is -1.98. The van der Waals surface area contributed by atoms with Crippen molar-refractivity contribution in [2.75, 3.05) is 13.3 Å². The van der Waals surface area contributed by atoms with Crippen molar-refractivity contribution >= 4 is 5.97 Å². The van der Waals surface area contributed by atoms with Gasteiger partial charge in [-0.1, -0.05) is 6.58 Å². The molecule has 0 saturated carbocycles. The van der Waals surface area contributed by atoms with Crippen molar-refractivity contribution in [3.63, 3.8) is 0 Å². The van der Waals surface area contributed by atoms with Crippen molar-refractivity contribution in [3.05, 3.63) is 12.4 Å². The molecular weight excluding hydrogens is 142 g/mol. The first kappa shape index (κ1) is 9.07. The average molecular weight is 150 g/mol. The molecule has 58 valence electrons. The lowest BCUT2D eigenvalue weighted by atomic mass is 10.5. The molecule has 0 aliphatic heterocycles. The molecule has 0 aromatic rings. The number of carbonyl (C=O) groups excluding carboxylic acids is 1. The van der Waals surface area contributed by atoms with Gasteiger partial charge in [0.05, 0.1) is 13.3 Å². The first-order chi connectivity index (χ1) is 4.68. The third-order valence-corrected chi connectivity index (χ3v) is 0.733. The second kappa shape index (κ2) is 4.90. The summed E-state index contributed by atoms with van der Waals surface area (Å²) in [5.74, 6) is -2.27. The van der Waals surface area contributed by atoms with Crippen molar-refractivity contribution in [1.82, 2.24) is 0 Å². The second-order valence-electron chi connectivity index (χ2n) is 1.58. The fourth-order valence-corrected chi connectivity index (χ4v) is 0.298. The molecular formula is C6H8F2O2. The van der Waals surface area contributed by atoms with Crippen LogP contribution in [-0.4, -0.2) is 19.3 Å². The summed E-state index contributed by atoms with van der Waals surface area (Å²) in [6, 6.07) is 0. The van der Waals surface area contributed by atoms with Gasteiger partial charge < -0.3 is 4.74 Å². The molecule has 0 heterocycles. The van der Waals surface area contributed by atoms with Gasteiger partial charge in [0.15, 0.2) is 0 Å². The molecule has 0 unspecified atom stereocenters. The van der Waals surface area contributed by atoms with Crippen LogP contribution in [-0.2, 0) is 9.53 Å². The maximum atomic E-state index is 11.8. The van der Waals surface area contributed by atoms with Crippen molar-refractivity contribution < 1.29 is 18.3 Å². The molecule has 2 nitrogen and oxygen atoms in total. The zero-order chi connectivity index (χ0) is 7.98. The molecule has 4 heteroatoms. The van der Waals surface area contributed by atoms with Gasteiger partial charge in [0.2, 0.25) is 5.83 Å². The summed E-state index contributed by atoms with van der Waals surface area (Å²) in [6.07, 6.45) is 0.0962. The van der Waals surface area contributed by atoms with Crippen LogP contribution in [0.15, 0.2) is 12.4 Å². The van der Waals surface area contributed by atoms with Crippen LogP contribution in [0.2, 0.25) is 0 Å².